The molecule has 2 aliphatic rings. The lowest BCUT2D eigenvalue weighted by atomic mass is 9.80. The van der Waals surface area contributed by atoms with Crippen molar-refractivity contribution in [1.29, 1.82) is 0 Å². The fourth-order valence-electron chi connectivity index (χ4n) is 15.0. The molecule has 0 N–H and O–H groups in total. The van der Waals surface area contributed by atoms with Gasteiger partial charge < -0.3 is 9.47 Å². The van der Waals surface area contributed by atoms with Crippen molar-refractivity contribution in [2.75, 3.05) is 9.80 Å². The minimum atomic E-state index is -0.443. The van der Waals surface area contributed by atoms with E-state index in [0.717, 1.165) is 93.0 Å². The van der Waals surface area contributed by atoms with Gasteiger partial charge in [-0.2, -0.15) is 0 Å². The van der Waals surface area contributed by atoms with Crippen LogP contribution in [-0.4, -0.2) is 23.6 Å². The lowest BCUT2D eigenvalue weighted by molar-refractivity contribution is 0.0877. The topological polar surface area (TPSA) is 93.2 Å². The van der Waals surface area contributed by atoms with Crippen LogP contribution in [0.1, 0.15) is 143 Å². The first-order valence-corrected chi connectivity index (χ1v) is 31.3. The van der Waals surface area contributed by atoms with Gasteiger partial charge in [-0.3, -0.25) is 19.2 Å². The van der Waals surface area contributed by atoms with Gasteiger partial charge in [0, 0.05) is 49.2 Å². The molecule has 90 heavy (non-hydrogen) atoms. The summed E-state index contributed by atoms with van der Waals surface area (Å²) in [4.78, 5) is 65.9. The first-order valence-electron chi connectivity index (χ1n) is 31.3. The van der Waals surface area contributed by atoms with Crippen molar-refractivity contribution in [3.8, 4) is 45.3 Å². The number of imide groups is 2. The molecule has 0 radical (unpaired) electrons. The molecule has 2 aliphatic heterocycles. The zero-order valence-electron chi connectivity index (χ0n) is 51.3. The van der Waals surface area contributed by atoms with Crippen molar-refractivity contribution in [3.63, 3.8) is 0 Å². The number of anilines is 2. The predicted octanol–water partition coefficient (Wildman–Crippen LogP) is 21.6. The van der Waals surface area contributed by atoms with E-state index in [4.69, 9.17) is 9.47 Å². The van der Waals surface area contributed by atoms with E-state index < -0.39 is 11.8 Å². The number of hydrogen-bond donors (Lipinski definition) is 0. The summed E-state index contributed by atoms with van der Waals surface area (Å²) in [6.45, 7) is 16.8. The third-order valence-electron chi connectivity index (χ3n) is 19.0. The van der Waals surface area contributed by atoms with Gasteiger partial charge in [0.25, 0.3) is 23.6 Å². The summed E-state index contributed by atoms with van der Waals surface area (Å²) in [5.74, 6) is 0.521. The molecule has 8 nitrogen and oxygen atoms in total. The highest BCUT2D eigenvalue weighted by Gasteiger charge is 2.42. The summed E-state index contributed by atoms with van der Waals surface area (Å²) in [7, 11) is 0. The summed E-state index contributed by atoms with van der Waals surface area (Å²) in [5, 5.41) is 11.4. The van der Waals surface area contributed by atoms with Crippen molar-refractivity contribution in [2.24, 2.45) is 0 Å². The van der Waals surface area contributed by atoms with Gasteiger partial charge in [-0.15, -0.1) is 0 Å². The summed E-state index contributed by atoms with van der Waals surface area (Å²) >= 11 is 0. The molecule has 16 rings (SSSR count). The van der Waals surface area contributed by atoms with Crippen LogP contribution in [0.15, 0.2) is 206 Å². The molecule has 0 fully saturated rings. The van der Waals surface area contributed by atoms with Crippen molar-refractivity contribution >= 4 is 110 Å². The van der Waals surface area contributed by atoms with Gasteiger partial charge in [-0.1, -0.05) is 225 Å². The Balaban J connectivity index is 1.03. The molecular weight excluding hydrogens is 1110 g/mol. The second-order valence-corrected chi connectivity index (χ2v) is 25.5. The number of benzene rings is 14. The van der Waals surface area contributed by atoms with E-state index in [0.29, 0.717) is 83.6 Å². The molecule has 0 saturated heterocycles. The largest absolute Gasteiger partial charge is 0.456 e. The number of rotatable bonds is 12. The molecule has 0 aromatic heterocycles. The minimum absolute atomic E-state index is 0.0255. The predicted molar refractivity (Wildman–Crippen MR) is 367 cm³/mol. The van der Waals surface area contributed by atoms with Gasteiger partial charge in [0.15, 0.2) is 0 Å². The van der Waals surface area contributed by atoms with Crippen LogP contribution in [0.2, 0.25) is 0 Å². The number of nitrogens with zero attached hydrogens (tertiary/aromatic N) is 2. The van der Waals surface area contributed by atoms with Crippen LogP contribution in [0.4, 0.5) is 11.4 Å². The first-order chi connectivity index (χ1) is 43.7. The molecule has 8 heteroatoms. The summed E-state index contributed by atoms with van der Waals surface area (Å²) in [6.07, 6.45) is 0. The number of ether oxygens (including phenoxy) is 2. The van der Waals surface area contributed by atoms with Crippen molar-refractivity contribution < 1.29 is 28.7 Å². The average molecular weight is 1170 g/mol. The fraction of sp³-hybridized carbons (Fsp3) is 0.146. The first kappa shape index (κ1) is 54.7. The zero-order valence-corrected chi connectivity index (χ0v) is 51.3. The van der Waals surface area contributed by atoms with Crippen LogP contribution in [0.25, 0.3) is 97.7 Å². The van der Waals surface area contributed by atoms with Crippen LogP contribution in [-0.2, 0) is 0 Å². The molecule has 0 saturated carbocycles. The Morgan fingerprint density at radius 2 is 0.567 bits per heavy atom. The van der Waals surface area contributed by atoms with Gasteiger partial charge in [-0.25, -0.2) is 9.80 Å². The Kier molecular flexibility index (Phi) is 12.4. The quantitative estimate of drug-likeness (QED) is 0.0687. The lowest BCUT2D eigenvalue weighted by Gasteiger charge is -2.34. The molecule has 14 aromatic carbocycles. The van der Waals surface area contributed by atoms with Gasteiger partial charge in [0.1, 0.15) is 23.0 Å². The van der Waals surface area contributed by atoms with Gasteiger partial charge in [0.2, 0.25) is 0 Å². The Labute approximate surface area is 521 Å². The standard InChI is InChI=1S/C82H62N2O6/c1-43(2)49-27-19-28-50(44(3)4)77(49)83-79(85)61-39-35-57-55-33-37-59-71-60(38-34-56(69(55)71)58-36-40-62(80(83)86)72(61)70(57)58)75-68(90-66-32-18-16-26-54(66)48-23-13-10-14-24-48)42-64-73-63(81(87)84(82(64)88)78-51(45(5)6)29-20-30-52(78)46(7)8)41-67(74(59)76(73)75)89-65-31-17-15-25-53(65)47-21-11-9-12-22-47/h9-46H,1-8H3. The summed E-state index contributed by atoms with van der Waals surface area (Å²) in [6, 6.07) is 68.6. The number of para-hydroxylation sites is 4. The summed E-state index contributed by atoms with van der Waals surface area (Å²) in [5.41, 5.74) is 10.2. The van der Waals surface area contributed by atoms with Gasteiger partial charge >= 0.3 is 0 Å². The normalized spacial score (nSPS) is 13.6. The van der Waals surface area contributed by atoms with E-state index in [1.165, 1.54) is 9.80 Å². The maximum absolute atomic E-state index is 16.2. The molecule has 436 valence electrons. The Morgan fingerprint density at radius 3 is 0.956 bits per heavy atom. The third kappa shape index (κ3) is 7.86. The van der Waals surface area contributed by atoms with Crippen LogP contribution in [0, 0.1) is 0 Å². The van der Waals surface area contributed by atoms with Gasteiger partial charge in [0.05, 0.1) is 22.5 Å². The summed E-state index contributed by atoms with van der Waals surface area (Å²) < 4.78 is 15.0. The number of amides is 4. The average Bonchev–Trinajstić information content (AvgIpc) is 0.680. The minimum Gasteiger partial charge on any atom is -0.456 e. The number of carbonyl (C=O) groups is 4. The van der Waals surface area contributed by atoms with Crippen LogP contribution in [0.3, 0.4) is 0 Å². The van der Waals surface area contributed by atoms with Crippen molar-refractivity contribution in [1.82, 2.24) is 0 Å². The van der Waals surface area contributed by atoms with E-state index >= 15 is 19.2 Å². The molecule has 0 spiro atoms. The van der Waals surface area contributed by atoms with Gasteiger partial charge in [-0.05, 0) is 142 Å². The second kappa shape index (κ2) is 20.4. The monoisotopic (exact) mass is 1170 g/mol. The molecule has 0 aliphatic carbocycles. The van der Waals surface area contributed by atoms with Crippen molar-refractivity contribution in [3.05, 3.63) is 251 Å². The number of fused-ring (bicyclic) bond motifs is 4. The molecular formula is C82H62N2O6. The highest BCUT2D eigenvalue weighted by molar-refractivity contribution is 6.48. The molecule has 4 amide bonds. The molecule has 2 heterocycles. The van der Waals surface area contributed by atoms with Crippen molar-refractivity contribution in [2.45, 2.75) is 79.1 Å². The van der Waals surface area contributed by atoms with E-state index in [2.05, 4.69) is 116 Å². The second-order valence-electron chi connectivity index (χ2n) is 25.5. The smallest absolute Gasteiger partial charge is 0.266 e. The Bertz CT molecular complexity index is 5100. The highest BCUT2D eigenvalue weighted by Crippen LogP contribution is 2.56. The maximum atomic E-state index is 16.2. The van der Waals surface area contributed by atoms with Crippen LogP contribution in [0.5, 0.6) is 23.0 Å². The molecule has 0 bridgehead atoms. The fourth-order valence-corrected chi connectivity index (χ4v) is 15.0. The highest BCUT2D eigenvalue weighted by atomic mass is 16.5. The zero-order chi connectivity index (χ0) is 61.7. The molecule has 0 unspecified atom stereocenters. The SMILES string of the molecule is CC(C)c1cccc(C(C)C)c1N1C(=O)c2ccc3c4ccc5c6c(Oc7ccccc7-c7ccccc7)cc7c8c(cc(Oc9ccccc9-c9ccccc9)c(c9ccc(c%10ccc(c2c3%10)C1=O)c4c59)c86)C(=O)N(c1c(C(C)C)cccc1C(C)C)C7=O. The van der Waals surface area contributed by atoms with E-state index in [9.17, 15) is 0 Å². The lowest BCUT2D eigenvalue weighted by Crippen LogP contribution is -2.42. The number of carbonyl (C=O) groups excluding carboxylic acids is 4. The van der Waals surface area contributed by atoms with E-state index in [-0.39, 0.29) is 35.5 Å². The maximum Gasteiger partial charge on any atom is 0.266 e. The molecule has 14 aromatic rings. The Hall–Kier alpha value is -10.7. The van der Waals surface area contributed by atoms with E-state index in [1.807, 2.05) is 146 Å². The third-order valence-corrected chi connectivity index (χ3v) is 19.0. The number of hydrogen-bond acceptors (Lipinski definition) is 6. The van der Waals surface area contributed by atoms with E-state index in [1.54, 1.807) is 0 Å². The van der Waals surface area contributed by atoms with Crippen LogP contribution >= 0.6 is 0 Å². The van der Waals surface area contributed by atoms with Crippen LogP contribution < -0.4 is 19.3 Å². The Morgan fingerprint density at radius 1 is 0.256 bits per heavy atom. The molecule has 0 atom stereocenters.